The Bertz CT molecular complexity index is 1510. The Kier molecular flexibility index (Phi) is 8.77. The highest BCUT2D eigenvalue weighted by molar-refractivity contribution is 6.12. The molecule has 2 saturated heterocycles. The molecule has 0 bridgehead atoms. The first kappa shape index (κ1) is 28.7. The lowest BCUT2D eigenvalue weighted by atomic mass is 10.1. The summed E-state index contributed by atoms with van der Waals surface area (Å²) >= 11 is 0. The van der Waals surface area contributed by atoms with Crippen LogP contribution >= 0.6 is 0 Å². The minimum Gasteiger partial charge on any atom is -0.466 e. The van der Waals surface area contributed by atoms with Crippen LogP contribution in [0.1, 0.15) is 29.3 Å². The first-order chi connectivity index (χ1) is 20.3. The molecule has 3 aromatic carbocycles. The number of benzene rings is 3. The number of fused-ring (bicyclic) bond motifs is 1. The Balaban J connectivity index is 1.11. The summed E-state index contributed by atoms with van der Waals surface area (Å²) in [5.41, 5.74) is 1.57. The number of carbonyl (C=O) groups is 4. The number of anilines is 1. The number of cyclic esters (lactones) is 1. The second kappa shape index (κ2) is 12.8. The number of esters is 1. The van der Waals surface area contributed by atoms with Gasteiger partial charge in [-0.15, -0.1) is 0 Å². The minimum absolute atomic E-state index is 0.0485. The van der Waals surface area contributed by atoms with E-state index in [0.717, 1.165) is 10.8 Å². The Morgan fingerprint density at radius 2 is 1.74 bits per heavy atom. The van der Waals surface area contributed by atoms with Crippen molar-refractivity contribution >= 4 is 46.2 Å². The summed E-state index contributed by atoms with van der Waals surface area (Å²) < 4.78 is 10.5. The molecule has 0 aromatic heterocycles. The lowest BCUT2D eigenvalue weighted by molar-refractivity contribution is -0.144. The number of ether oxygens (including phenoxy) is 2. The van der Waals surface area contributed by atoms with Gasteiger partial charge in [0, 0.05) is 43.0 Å². The summed E-state index contributed by atoms with van der Waals surface area (Å²) in [6.07, 6.45) is -0.716. The van der Waals surface area contributed by atoms with E-state index in [1.54, 1.807) is 48.2 Å². The molecule has 2 heterocycles. The fraction of sp³-hybridized carbons (Fsp3) is 0.323. The van der Waals surface area contributed by atoms with Gasteiger partial charge in [0.2, 0.25) is 5.91 Å². The molecule has 3 aromatic rings. The van der Waals surface area contributed by atoms with Gasteiger partial charge in [-0.3, -0.25) is 29.6 Å². The van der Waals surface area contributed by atoms with Gasteiger partial charge in [-0.25, -0.2) is 4.79 Å². The van der Waals surface area contributed by atoms with Crippen LogP contribution in [0.15, 0.2) is 66.7 Å². The summed E-state index contributed by atoms with van der Waals surface area (Å²) in [5, 5.41) is 13.0. The number of carbonyl (C=O) groups excluding carboxylic acids is 4. The van der Waals surface area contributed by atoms with Crippen LogP contribution in [0.4, 0.5) is 10.5 Å². The fourth-order valence-corrected chi connectivity index (χ4v) is 5.12. The largest absolute Gasteiger partial charge is 0.466 e. The van der Waals surface area contributed by atoms with Gasteiger partial charge >= 0.3 is 12.1 Å². The predicted molar refractivity (Wildman–Crippen MR) is 157 cm³/mol. The van der Waals surface area contributed by atoms with Crippen molar-refractivity contribution in [2.45, 2.75) is 19.4 Å². The molecule has 1 unspecified atom stereocenters. The maximum absolute atomic E-state index is 12.7. The second-order valence-electron chi connectivity index (χ2n) is 10.2. The van der Waals surface area contributed by atoms with E-state index in [1.165, 1.54) is 4.90 Å². The second-order valence-corrected chi connectivity index (χ2v) is 10.2. The third-order valence-electron chi connectivity index (χ3n) is 7.34. The summed E-state index contributed by atoms with van der Waals surface area (Å²) in [6.45, 7) is 4.44. The van der Waals surface area contributed by atoms with Crippen LogP contribution < -0.4 is 10.2 Å². The van der Waals surface area contributed by atoms with Crippen molar-refractivity contribution in [3.63, 3.8) is 0 Å². The van der Waals surface area contributed by atoms with E-state index >= 15 is 0 Å². The molecule has 2 N–H and O–H groups in total. The van der Waals surface area contributed by atoms with Crippen LogP contribution in [0.3, 0.4) is 0 Å². The van der Waals surface area contributed by atoms with Gasteiger partial charge in [-0.05, 0) is 54.1 Å². The third kappa shape index (κ3) is 6.74. The van der Waals surface area contributed by atoms with Crippen LogP contribution in [0, 0.1) is 5.41 Å². The molecule has 0 radical (unpaired) electrons. The molecule has 2 aliphatic heterocycles. The van der Waals surface area contributed by atoms with Crippen molar-refractivity contribution in [2.75, 3.05) is 50.8 Å². The van der Waals surface area contributed by atoms with Gasteiger partial charge in [0.1, 0.15) is 11.9 Å². The van der Waals surface area contributed by atoms with Crippen molar-refractivity contribution < 1.29 is 28.7 Å². The predicted octanol–water partition coefficient (Wildman–Crippen LogP) is 3.02. The Hall–Kier alpha value is -4.77. The third-order valence-corrected chi connectivity index (χ3v) is 7.34. The molecular weight excluding hydrogens is 538 g/mol. The molecule has 0 saturated carbocycles. The van der Waals surface area contributed by atoms with Crippen molar-refractivity contribution in [1.82, 2.24) is 15.1 Å². The number of piperazine rings is 1. The number of nitrogens with one attached hydrogen (secondary N) is 2. The molecule has 2 fully saturated rings. The number of hydrogen-bond donors (Lipinski definition) is 2. The van der Waals surface area contributed by atoms with E-state index in [4.69, 9.17) is 14.9 Å². The molecule has 2 aliphatic rings. The summed E-state index contributed by atoms with van der Waals surface area (Å²) in [7, 11) is 0. The monoisotopic (exact) mass is 571 g/mol. The van der Waals surface area contributed by atoms with Gasteiger partial charge in [0.25, 0.3) is 5.91 Å². The number of nitrogens with zero attached hydrogens (tertiary/aromatic N) is 3. The smallest absolute Gasteiger partial charge is 0.414 e. The molecule has 218 valence electrons. The lowest BCUT2D eigenvalue weighted by Gasteiger charge is -2.34. The summed E-state index contributed by atoms with van der Waals surface area (Å²) in [5.74, 6) is -0.814. The van der Waals surface area contributed by atoms with Crippen molar-refractivity contribution in [3.05, 3.63) is 77.9 Å². The summed E-state index contributed by atoms with van der Waals surface area (Å²) in [6, 6.07) is 19.9. The van der Waals surface area contributed by atoms with Gasteiger partial charge in [-0.2, -0.15) is 0 Å². The number of amidine groups is 1. The van der Waals surface area contributed by atoms with E-state index in [9.17, 15) is 19.2 Å². The first-order valence-corrected chi connectivity index (χ1v) is 13.9. The maximum atomic E-state index is 12.7. The fourth-order valence-electron chi connectivity index (χ4n) is 5.12. The molecule has 11 heteroatoms. The summed E-state index contributed by atoms with van der Waals surface area (Å²) in [4.78, 5) is 54.7. The van der Waals surface area contributed by atoms with Gasteiger partial charge in [0.15, 0.2) is 0 Å². The zero-order chi connectivity index (χ0) is 29.6. The molecule has 0 aliphatic carbocycles. The van der Waals surface area contributed by atoms with Crippen LogP contribution in [0.5, 0.6) is 0 Å². The molecule has 11 nitrogen and oxygen atoms in total. The SMILES string of the molecule is CCOC(=O)CCN1CCN(CC2CN(c3ccc(C(=N)NC(=O)c4ccc5ccccc5c4)cc3)C(=O)O2)CC1=O. The molecule has 5 rings (SSSR count). The van der Waals surface area contributed by atoms with Gasteiger partial charge < -0.3 is 19.7 Å². The van der Waals surface area contributed by atoms with Crippen molar-refractivity contribution in [1.29, 1.82) is 5.41 Å². The Morgan fingerprint density at radius 1 is 1.00 bits per heavy atom. The average molecular weight is 572 g/mol. The topological polar surface area (TPSA) is 132 Å². The number of hydrogen-bond acceptors (Lipinski definition) is 8. The molecule has 1 atom stereocenters. The molecule has 0 spiro atoms. The first-order valence-electron chi connectivity index (χ1n) is 13.9. The van der Waals surface area contributed by atoms with E-state index in [1.807, 2.05) is 35.2 Å². The lowest BCUT2D eigenvalue weighted by Crippen LogP contribution is -2.52. The average Bonchev–Trinajstić information content (AvgIpc) is 3.36. The van der Waals surface area contributed by atoms with E-state index in [0.29, 0.717) is 56.1 Å². The van der Waals surface area contributed by atoms with Crippen molar-refractivity contribution in [3.8, 4) is 0 Å². The van der Waals surface area contributed by atoms with E-state index < -0.39 is 12.2 Å². The van der Waals surface area contributed by atoms with Crippen molar-refractivity contribution in [2.24, 2.45) is 0 Å². The zero-order valence-corrected chi connectivity index (χ0v) is 23.4. The molecule has 3 amide bonds. The van der Waals surface area contributed by atoms with Crippen LogP contribution in [0.25, 0.3) is 10.8 Å². The number of rotatable bonds is 9. The highest BCUT2D eigenvalue weighted by atomic mass is 16.6. The zero-order valence-electron chi connectivity index (χ0n) is 23.4. The highest BCUT2D eigenvalue weighted by Crippen LogP contribution is 2.23. The van der Waals surface area contributed by atoms with Gasteiger partial charge in [0.05, 0.1) is 26.1 Å². The quantitative estimate of drug-likeness (QED) is 0.229. The Labute approximate surface area is 243 Å². The van der Waals surface area contributed by atoms with E-state index in [2.05, 4.69) is 5.32 Å². The molecule has 42 heavy (non-hydrogen) atoms. The van der Waals surface area contributed by atoms with Crippen LogP contribution in [-0.2, 0) is 19.1 Å². The highest BCUT2D eigenvalue weighted by Gasteiger charge is 2.35. The van der Waals surface area contributed by atoms with Gasteiger partial charge in [-0.1, -0.05) is 30.3 Å². The van der Waals surface area contributed by atoms with Crippen LogP contribution in [-0.4, -0.2) is 91.5 Å². The van der Waals surface area contributed by atoms with E-state index in [-0.39, 0.29) is 36.6 Å². The van der Waals surface area contributed by atoms with Crippen LogP contribution in [0.2, 0.25) is 0 Å². The standard InChI is InChI=1S/C31H33N5O6/c1-2-41-28(38)13-14-35-16-15-34(20-27(35)37)18-26-19-36(31(40)42-26)25-11-9-22(10-12-25)29(32)33-30(39)24-8-7-21-5-3-4-6-23(21)17-24/h3-12,17,26H,2,13-16,18-20H2,1H3,(H2,32,33,39). The minimum atomic E-state index is -0.480. The maximum Gasteiger partial charge on any atom is 0.414 e. The molecular formula is C31H33N5O6. The Morgan fingerprint density at radius 3 is 2.48 bits per heavy atom. The number of amides is 3. The normalized spacial score (nSPS) is 17.3.